The third-order valence-electron chi connectivity index (χ3n) is 3.94. The van der Waals surface area contributed by atoms with E-state index in [1.807, 2.05) is 0 Å². The molecule has 2 rings (SSSR count). The van der Waals surface area contributed by atoms with Crippen LogP contribution in [0.2, 0.25) is 0 Å². The number of non-ortho nitro benzene ring substituents is 1. The number of nitro benzene ring substituents is 1. The van der Waals surface area contributed by atoms with Crippen LogP contribution in [0.4, 0.5) is 5.69 Å². The van der Waals surface area contributed by atoms with Gasteiger partial charge in [0.15, 0.2) is 0 Å². The molecule has 5 nitrogen and oxygen atoms in total. The molecule has 1 aliphatic rings. The van der Waals surface area contributed by atoms with E-state index in [-0.39, 0.29) is 5.69 Å². The highest BCUT2D eigenvalue weighted by molar-refractivity contribution is 5.35. The second-order valence-electron chi connectivity index (χ2n) is 5.42. The third kappa shape index (κ3) is 4.20. The summed E-state index contributed by atoms with van der Waals surface area (Å²) >= 11 is 0. The Morgan fingerprint density at radius 1 is 1.30 bits per heavy atom. The van der Waals surface area contributed by atoms with Crippen molar-refractivity contribution in [3.8, 4) is 5.75 Å². The summed E-state index contributed by atoms with van der Waals surface area (Å²) in [5.74, 6) is 1.41. The van der Waals surface area contributed by atoms with Crippen LogP contribution in [-0.2, 0) is 0 Å². The number of hydrogen-bond acceptors (Lipinski definition) is 4. The molecule has 20 heavy (non-hydrogen) atoms. The fourth-order valence-electron chi connectivity index (χ4n) is 2.70. The molecule has 0 amide bonds. The summed E-state index contributed by atoms with van der Waals surface area (Å²) in [6.45, 7) is 3.70. The highest BCUT2D eigenvalue weighted by atomic mass is 16.6. The van der Waals surface area contributed by atoms with Gasteiger partial charge in [0, 0.05) is 24.7 Å². The van der Waals surface area contributed by atoms with Crippen LogP contribution in [0.5, 0.6) is 5.75 Å². The van der Waals surface area contributed by atoms with Crippen molar-refractivity contribution < 1.29 is 9.66 Å². The first kappa shape index (κ1) is 14.8. The average molecular weight is 278 g/mol. The number of nitrogens with zero attached hydrogens (tertiary/aromatic N) is 1. The molecule has 0 aliphatic heterocycles. The number of rotatable bonds is 6. The maximum Gasteiger partial charge on any atom is 0.269 e. The van der Waals surface area contributed by atoms with E-state index in [2.05, 4.69) is 12.2 Å². The lowest BCUT2D eigenvalue weighted by molar-refractivity contribution is -0.384. The SMILES string of the molecule is CC1CCCCC1NCCOc1ccc([N+](=O)[O-])cc1. The van der Waals surface area contributed by atoms with Crippen LogP contribution in [0.15, 0.2) is 24.3 Å². The lowest BCUT2D eigenvalue weighted by Crippen LogP contribution is -2.39. The van der Waals surface area contributed by atoms with E-state index in [1.54, 1.807) is 12.1 Å². The summed E-state index contributed by atoms with van der Waals surface area (Å²) in [6, 6.07) is 6.81. The first-order chi connectivity index (χ1) is 9.66. The minimum atomic E-state index is -0.407. The van der Waals surface area contributed by atoms with Gasteiger partial charge in [0.25, 0.3) is 5.69 Å². The highest BCUT2D eigenvalue weighted by Crippen LogP contribution is 2.23. The van der Waals surface area contributed by atoms with E-state index < -0.39 is 4.92 Å². The van der Waals surface area contributed by atoms with Crippen molar-refractivity contribution in [2.24, 2.45) is 5.92 Å². The zero-order valence-electron chi connectivity index (χ0n) is 11.9. The van der Waals surface area contributed by atoms with Gasteiger partial charge in [0.1, 0.15) is 12.4 Å². The van der Waals surface area contributed by atoms with Crippen LogP contribution in [0.25, 0.3) is 0 Å². The van der Waals surface area contributed by atoms with Crippen LogP contribution in [0, 0.1) is 16.0 Å². The minimum absolute atomic E-state index is 0.0894. The van der Waals surface area contributed by atoms with Gasteiger partial charge in [-0.2, -0.15) is 0 Å². The Bertz CT molecular complexity index is 433. The van der Waals surface area contributed by atoms with Gasteiger partial charge >= 0.3 is 0 Å². The molecule has 2 atom stereocenters. The van der Waals surface area contributed by atoms with Crippen LogP contribution in [0.1, 0.15) is 32.6 Å². The molecule has 1 saturated carbocycles. The standard InChI is InChI=1S/C15H22N2O3/c1-12-4-2-3-5-15(12)16-10-11-20-14-8-6-13(7-9-14)17(18)19/h6-9,12,15-16H,2-5,10-11H2,1H3. The molecule has 2 unspecified atom stereocenters. The quantitative estimate of drug-likeness (QED) is 0.493. The van der Waals surface area contributed by atoms with Crippen LogP contribution in [-0.4, -0.2) is 24.1 Å². The number of benzene rings is 1. The molecule has 110 valence electrons. The largest absolute Gasteiger partial charge is 0.492 e. The van der Waals surface area contributed by atoms with Crippen molar-refractivity contribution in [1.29, 1.82) is 0 Å². The van der Waals surface area contributed by atoms with Gasteiger partial charge in [-0.25, -0.2) is 0 Å². The Kier molecular flexibility index (Phi) is 5.35. The van der Waals surface area contributed by atoms with Crippen LogP contribution < -0.4 is 10.1 Å². The Labute approximate surface area is 119 Å². The maximum absolute atomic E-state index is 10.5. The molecule has 0 heterocycles. The van der Waals surface area contributed by atoms with Crippen molar-refractivity contribution in [2.75, 3.05) is 13.2 Å². The summed E-state index contributed by atoms with van der Waals surface area (Å²) in [5.41, 5.74) is 0.0894. The Hall–Kier alpha value is -1.62. The lowest BCUT2D eigenvalue weighted by Gasteiger charge is -2.29. The molecule has 1 aromatic carbocycles. The molecule has 1 fully saturated rings. The molecule has 0 bridgehead atoms. The van der Waals surface area contributed by atoms with E-state index in [4.69, 9.17) is 4.74 Å². The number of nitro groups is 1. The molecule has 1 aliphatic carbocycles. The van der Waals surface area contributed by atoms with Gasteiger partial charge in [-0.3, -0.25) is 10.1 Å². The Morgan fingerprint density at radius 3 is 2.65 bits per heavy atom. The maximum atomic E-state index is 10.5. The van der Waals surface area contributed by atoms with Gasteiger partial charge in [-0.1, -0.05) is 19.8 Å². The lowest BCUT2D eigenvalue weighted by atomic mass is 9.86. The van der Waals surface area contributed by atoms with E-state index in [0.29, 0.717) is 18.4 Å². The summed E-state index contributed by atoms with van der Waals surface area (Å²) in [5, 5.41) is 14.1. The van der Waals surface area contributed by atoms with Crippen LogP contribution in [0.3, 0.4) is 0 Å². The number of nitrogens with one attached hydrogen (secondary N) is 1. The normalized spacial score (nSPS) is 22.4. The highest BCUT2D eigenvalue weighted by Gasteiger charge is 2.20. The molecule has 0 aromatic heterocycles. The fourth-order valence-corrected chi connectivity index (χ4v) is 2.70. The minimum Gasteiger partial charge on any atom is -0.492 e. The fraction of sp³-hybridized carbons (Fsp3) is 0.600. The number of hydrogen-bond donors (Lipinski definition) is 1. The molecule has 0 spiro atoms. The molecule has 5 heteroatoms. The first-order valence-electron chi connectivity index (χ1n) is 7.27. The van der Waals surface area contributed by atoms with Crippen molar-refractivity contribution >= 4 is 5.69 Å². The predicted molar refractivity (Wildman–Crippen MR) is 78.0 cm³/mol. The predicted octanol–water partition coefficient (Wildman–Crippen LogP) is 3.14. The van der Waals surface area contributed by atoms with Crippen molar-refractivity contribution in [3.05, 3.63) is 34.4 Å². The third-order valence-corrected chi connectivity index (χ3v) is 3.94. The smallest absolute Gasteiger partial charge is 0.269 e. The monoisotopic (exact) mass is 278 g/mol. The van der Waals surface area contributed by atoms with E-state index in [0.717, 1.165) is 12.5 Å². The Balaban J connectivity index is 1.69. The van der Waals surface area contributed by atoms with E-state index in [9.17, 15) is 10.1 Å². The molecular weight excluding hydrogens is 256 g/mol. The average Bonchev–Trinajstić information content (AvgIpc) is 2.46. The van der Waals surface area contributed by atoms with Crippen molar-refractivity contribution in [2.45, 2.75) is 38.6 Å². The summed E-state index contributed by atoms with van der Waals surface area (Å²) in [7, 11) is 0. The zero-order valence-corrected chi connectivity index (χ0v) is 11.9. The van der Waals surface area contributed by atoms with Crippen molar-refractivity contribution in [3.63, 3.8) is 0 Å². The second kappa shape index (κ2) is 7.24. The van der Waals surface area contributed by atoms with Gasteiger partial charge < -0.3 is 10.1 Å². The van der Waals surface area contributed by atoms with Gasteiger partial charge in [0.05, 0.1) is 4.92 Å². The molecule has 0 radical (unpaired) electrons. The summed E-state index contributed by atoms with van der Waals surface area (Å²) in [6.07, 6.45) is 5.21. The zero-order chi connectivity index (χ0) is 14.4. The van der Waals surface area contributed by atoms with E-state index in [1.165, 1.54) is 37.8 Å². The summed E-state index contributed by atoms with van der Waals surface area (Å²) < 4.78 is 5.58. The summed E-state index contributed by atoms with van der Waals surface area (Å²) in [4.78, 5) is 10.1. The second-order valence-corrected chi connectivity index (χ2v) is 5.42. The topological polar surface area (TPSA) is 64.4 Å². The number of ether oxygens (including phenoxy) is 1. The van der Waals surface area contributed by atoms with Gasteiger partial charge in [0.2, 0.25) is 0 Å². The molecular formula is C15H22N2O3. The first-order valence-corrected chi connectivity index (χ1v) is 7.27. The van der Waals surface area contributed by atoms with Gasteiger partial charge in [-0.05, 0) is 30.9 Å². The molecule has 1 aromatic rings. The van der Waals surface area contributed by atoms with Gasteiger partial charge in [-0.15, -0.1) is 0 Å². The van der Waals surface area contributed by atoms with Crippen LogP contribution >= 0.6 is 0 Å². The van der Waals surface area contributed by atoms with E-state index >= 15 is 0 Å². The Morgan fingerprint density at radius 2 is 2.00 bits per heavy atom. The molecule has 1 N–H and O–H groups in total. The van der Waals surface area contributed by atoms with Crippen molar-refractivity contribution in [1.82, 2.24) is 5.32 Å². The molecule has 0 saturated heterocycles.